The fraction of sp³-hybridized carbons (Fsp3) is 0.238. The van der Waals surface area contributed by atoms with E-state index in [4.69, 9.17) is 4.74 Å². The van der Waals surface area contributed by atoms with Crippen LogP contribution in [0.25, 0.3) is 6.08 Å². The maximum absolute atomic E-state index is 12.2. The Balaban J connectivity index is 1.49. The Bertz CT molecular complexity index is 749. The van der Waals surface area contributed by atoms with E-state index < -0.39 is 0 Å². The molecular formula is C21H22N2O3. The van der Waals surface area contributed by atoms with Gasteiger partial charge in [-0.3, -0.25) is 9.59 Å². The first kappa shape index (κ1) is 17.7. The van der Waals surface area contributed by atoms with Gasteiger partial charge in [0.05, 0.1) is 0 Å². The lowest BCUT2D eigenvalue weighted by molar-refractivity contribution is -0.130. The fourth-order valence-corrected chi connectivity index (χ4v) is 2.74. The van der Waals surface area contributed by atoms with Crippen molar-refractivity contribution in [3.63, 3.8) is 0 Å². The van der Waals surface area contributed by atoms with Crippen LogP contribution in [0.15, 0.2) is 60.7 Å². The minimum atomic E-state index is -0.0278. The molecule has 1 heterocycles. The zero-order chi connectivity index (χ0) is 18.2. The van der Waals surface area contributed by atoms with Crippen LogP contribution < -0.4 is 4.74 Å². The number of piperazine rings is 1. The molecule has 3 rings (SSSR count). The van der Waals surface area contributed by atoms with Gasteiger partial charge >= 0.3 is 0 Å². The van der Waals surface area contributed by atoms with Gasteiger partial charge < -0.3 is 14.5 Å². The molecule has 0 atom stereocenters. The topological polar surface area (TPSA) is 49.9 Å². The second kappa shape index (κ2) is 8.85. The van der Waals surface area contributed by atoms with E-state index in [2.05, 4.69) is 0 Å². The van der Waals surface area contributed by atoms with E-state index in [1.165, 1.54) is 0 Å². The number of hydrogen-bond donors (Lipinski definition) is 0. The molecule has 0 aromatic heterocycles. The van der Waals surface area contributed by atoms with Gasteiger partial charge in [-0.25, -0.2) is 0 Å². The first-order valence-corrected chi connectivity index (χ1v) is 8.68. The minimum Gasteiger partial charge on any atom is -0.489 e. The van der Waals surface area contributed by atoms with Crippen molar-refractivity contribution in [3.05, 3.63) is 71.8 Å². The van der Waals surface area contributed by atoms with Gasteiger partial charge in [0.1, 0.15) is 12.4 Å². The van der Waals surface area contributed by atoms with Crippen LogP contribution >= 0.6 is 0 Å². The van der Waals surface area contributed by atoms with Gasteiger partial charge in [0.15, 0.2) is 0 Å². The first-order chi connectivity index (χ1) is 12.7. The predicted octanol–water partition coefficient (Wildman–Crippen LogP) is 2.58. The molecule has 1 aliphatic heterocycles. The Morgan fingerprint density at radius 2 is 1.65 bits per heavy atom. The molecule has 0 bridgehead atoms. The van der Waals surface area contributed by atoms with Gasteiger partial charge in [-0.2, -0.15) is 0 Å². The zero-order valence-corrected chi connectivity index (χ0v) is 14.6. The van der Waals surface area contributed by atoms with Crippen LogP contribution in [0.5, 0.6) is 5.75 Å². The summed E-state index contributed by atoms with van der Waals surface area (Å²) >= 11 is 0. The van der Waals surface area contributed by atoms with Crippen molar-refractivity contribution in [2.45, 2.75) is 6.61 Å². The maximum Gasteiger partial charge on any atom is 0.246 e. The van der Waals surface area contributed by atoms with E-state index >= 15 is 0 Å². The van der Waals surface area contributed by atoms with E-state index in [0.29, 0.717) is 32.8 Å². The van der Waals surface area contributed by atoms with Crippen LogP contribution in [0, 0.1) is 0 Å². The molecule has 0 saturated carbocycles. The average Bonchev–Trinajstić information content (AvgIpc) is 2.72. The third-order valence-corrected chi connectivity index (χ3v) is 4.32. The highest BCUT2D eigenvalue weighted by molar-refractivity contribution is 5.91. The molecule has 5 heteroatoms. The van der Waals surface area contributed by atoms with E-state index in [1.807, 2.05) is 54.6 Å². The summed E-state index contributed by atoms with van der Waals surface area (Å²) in [5.74, 6) is 0.766. The van der Waals surface area contributed by atoms with Crippen molar-refractivity contribution in [3.8, 4) is 5.75 Å². The van der Waals surface area contributed by atoms with E-state index in [9.17, 15) is 9.59 Å². The molecule has 0 spiro atoms. The van der Waals surface area contributed by atoms with Crippen LogP contribution in [0.2, 0.25) is 0 Å². The third kappa shape index (κ3) is 4.96. The summed E-state index contributed by atoms with van der Waals surface area (Å²) in [6.07, 6.45) is 4.21. The fourth-order valence-electron chi connectivity index (χ4n) is 2.74. The largest absolute Gasteiger partial charge is 0.489 e. The van der Waals surface area contributed by atoms with Gasteiger partial charge in [-0.15, -0.1) is 0 Å². The number of carbonyl (C=O) groups excluding carboxylic acids is 2. The van der Waals surface area contributed by atoms with Crippen molar-refractivity contribution >= 4 is 18.4 Å². The SMILES string of the molecule is O=CN1CCN(C(=O)/C=C/c2ccc(OCc3ccccc3)cc2)CC1. The summed E-state index contributed by atoms with van der Waals surface area (Å²) in [7, 11) is 0. The third-order valence-electron chi connectivity index (χ3n) is 4.32. The molecule has 26 heavy (non-hydrogen) atoms. The number of nitrogens with zero attached hydrogens (tertiary/aromatic N) is 2. The molecule has 0 unspecified atom stereocenters. The lowest BCUT2D eigenvalue weighted by Crippen LogP contribution is -2.47. The molecule has 134 valence electrons. The van der Waals surface area contributed by atoms with Crippen LogP contribution in [0.4, 0.5) is 0 Å². The molecule has 0 radical (unpaired) electrons. The number of ether oxygens (including phenoxy) is 1. The highest BCUT2D eigenvalue weighted by atomic mass is 16.5. The lowest BCUT2D eigenvalue weighted by Gasteiger charge is -2.31. The Kier molecular flexibility index (Phi) is 6.04. The van der Waals surface area contributed by atoms with E-state index in [1.54, 1.807) is 22.0 Å². The van der Waals surface area contributed by atoms with Gasteiger partial charge in [-0.1, -0.05) is 42.5 Å². The molecule has 2 aromatic rings. The van der Waals surface area contributed by atoms with Gasteiger partial charge in [-0.05, 0) is 29.3 Å². The summed E-state index contributed by atoms with van der Waals surface area (Å²) in [6.45, 7) is 2.87. The van der Waals surface area contributed by atoms with Crippen LogP contribution in [-0.4, -0.2) is 48.3 Å². The molecule has 0 N–H and O–H groups in total. The Morgan fingerprint density at radius 3 is 2.31 bits per heavy atom. The number of hydrogen-bond acceptors (Lipinski definition) is 3. The second-order valence-corrected chi connectivity index (χ2v) is 6.14. The van der Waals surface area contributed by atoms with Crippen molar-refractivity contribution in [1.82, 2.24) is 9.80 Å². The smallest absolute Gasteiger partial charge is 0.246 e. The molecule has 1 saturated heterocycles. The van der Waals surface area contributed by atoms with Crippen molar-refractivity contribution < 1.29 is 14.3 Å². The monoisotopic (exact) mass is 350 g/mol. The first-order valence-electron chi connectivity index (χ1n) is 8.68. The highest BCUT2D eigenvalue weighted by Crippen LogP contribution is 2.15. The molecule has 1 fully saturated rings. The predicted molar refractivity (Wildman–Crippen MR) is 100 cm³/mol. The molecule has 5 nitrogen and oxygen atoms in total. The molecule has 2 amide bonds. The molecule has 1 aliphatic rings. The second-order valence-electron chi connectivity index (χ2n) is 6.14. The summed E-state index contributed by atoms with van der Waals surface area (Å²) < 4.78 is 5.76. The van der Waals surface area contributed by atoms with E-state index in [-0.39, 0.29) is 5.91 Å². The van der Waals surface area contributed by atoms with Crippen molar-refractivity contribution in [2.24, 2.45) is 0 Å². The number of amides is 2. The number of benzene rings is 2. The van der Waals surface area contributed by atoms with Gasteiger partial charge in [0, 0.05) is 32.3 Å². The van der Waals surface area contributed by atoms with Gasteiger partial charge in [0.2, 0.25) is 12.3 Å². The van der Waals surface area contributed by atoms with Crippen LogP contribution in [-0.2, 0) is 16.2 Å². The Morgan fingerprint density at radius 1 is 0.962 bits per heavy atom. The van der Waals surface area contributed by atoms with E-state index in [0.717, 1.165) is 23.3 Å². The van der Waals surface area contributed by atoms with Crippen molar-refractivity contribution in [2.75, 3.05) is 26.2 Å². The minimum absolute atomic E-state index is 0.0278. The summed E-state index contributed by atoms with van der Waals surface area (Å²) in [6, 6.07) is 17.7. The Hall–Kier alpha value is -3.08. The summed E-state index contributed by atoms with van der Waals surface area (Å²) in [5, 5.41) is 0. The van der Waals surface area contributed by atoms with Crippen LogP contribution in [0.1, 0.15) is 11.1 Å². The normalized spacial score (nSPS) is 14.5. The number of carbonyl (C=O) groups is 2. The average molecular weight is 350 g/mol. The van der Waals surface area contributed by atoms with Crippen LogP contribution in [0.3, 0.4) is 0 Å². The quantitative estimate of drug-likeness (QED) is 0.594. The summed E-state index contributed by atoms with van der Waals surface area (Å²) in [5.41, 5.74) is 2.06. The Labute approximate surface area is 153 Å². The maximum atomic E-state index is 12.2. The molecular weight excluding hydrogens is 328 g/mol. The van der Waals surface area contributed by atoms with Gasteiger partial charge in [0.25, 0.3) is 0 Å². The summed E-state index contributed by atoms with van der Waals surface area (Å²) in [4.78, 5) is 26.3. The molecule has 2 aromatic carbocycles. The molecule has 0 aliphatic carbocycles. The zero-order valence-electron chi connectivity index (χ0n) is 14.6. The lowest BCUT2D eigenvalue weighted by atomic mass is 10.2. The van der Waals surface area contributed by atoms with Crippen molar-refractivity contribution in [1.29, 1.82) is 0 Å². The standard InChI is InChI=1S/C21H22N2O3/c24-17-22-12-14-23(15-13-22)21(25)11-8-18-6-9-20(10-7-18)26-16-19-4-2-1-3-5-19/h1-11,17H,12-16H2/b11-8+. The highest BCUT2D eigenvalue weighted by Gasteiger charge is 2.17. The number of rotatable bonds is 6.